The molecular weight excluding hydrogens is 463 g/mol. The minimum Gasteiger partial charge on any atom is -0.481 e. The number of hydrogen-bond acceptors (Lipinski definition) is 7. The van der Waals surface area contributed by atoms with Crippen molar-refractivity contribution in [3.8, 4) is 17.3 Å². The second kappa shape index (κ2) is 9.88. The summed E-state index contributed by atoms with van der Waals surface area (Å²) < 4.78 is 68.5. The largest absolute Gasteiger partial charge is 0.481 e. The SMILES string of the molecule is [2H]C([2H])([2H])n1nc(-c2ccc(N[C@H]3CCN(C(=O)[C@H](C)c4cc(OC)ncc4F)C3)nc2C)nc1C(F)F. The van der Waals surface area contributed by atoms with Crippen LogP contribution in [-0.2, 0) is 11.8 Å². The van der Waals surface area contributed by atoms with E-state index in [1.54, 1.807) is 30.9 Å². The Morgan fingerprint density at radius 2 is 2.14 bits per heavy atom. The molecule has 0 spiro atoms. The highest BCUT2D eigenvalue weighted by atomic mass is 19.3. The van der Waals surface area contributed by atoms with Crippen LogP contribution in [0.15, 0.2) is 24.4 Å². The Morgan fingerprint density at radius 3 is 2.80 bits per heavy atom. The number of amides is 1. The first-order valence-electron chi connectivity index (χ1n) is 12.4. The molecule has 1 aliphatic rings. The van der Waals surface area contributed by atoms with Crippen LogP contribution in [0.3, 0.4) is 0 Å². The fraction of sp³-hybridized carbons (Fsp3) is 0.435. The maximum atomic E-state index is 14.3. The second-order valence-electron chi connectivity index (χ2n) is 8.22. The number of nitrogens with one attached hydrogen (secondary N) is 1. The number of carbonyl (C=O) groups excluding carboxylic acids is 1. The molecule has 0 saturated carbocycles. The van der Waals surface area contributed by atoms with Gasteiger partial charge in [0.15, 0.2) is 11.6 Å². The Bertz CT molecular complexity index is 1340. The van der Waals surface area contributed by atoms with E-state index in [2.05, 4.69) is 25.4 Å². The topological polar surface area (TPSA) is 98.1 Å². The van der Waals surface area contributed by atoms with Crippen LogP contribution in [0.25, 0.3) is 11.4 Å². The summed E-state index contributed by atoms with van der Waals surface area (Å²) in [6.07, 6.45) is -1.45. The van der Waals surface area contributed by atoms with Crippen molar-refractivity contribution in [1.29, 1.82) is 0 Å². The van der Waals surface area contributed by atoms with Gasteiger partial charge < -0.3 is 15.0 Å². The molecule has 3 aromatic heterocycles. The molecule has 1 N–H and O–H groups in total. The third kappa shape index (κ3) is 5.05. The number of halogens is 3. The quantitative estimate of drug-likeness (QED) is 0.539. The summed E-state index contributed by atoms with van der Waals surface area (Å²) in [6.45, 7) is 1.19. The number of alkyl halides is 2. The maximum Gasteiger partial charge on any atom is 0.297 e. The second-order valence-corrected chi connectivity index (χ2v) is 8.22. The van der Waals surface area contributed by atoms with Crippen molar-refractivity contribution in [2.75, 3.05) is 25.5 Å². The molecule has 1 amide bonds. The van der Waals surface area contributed by atoms with Gasteiger partial charge in [0.25, 0.3) is 6.43 Å². The number of aryl methyl sites for hydroxylation is 2. The molecule has 0 aliphatic carbocycles. The lowest BCUT2D eigenvalue weighted by molar-refractivity contribution is -0.131. The summed E-state index contributed by atoms with van der Waals surface area (Å²) in [4.78, 5) is 26.7. The Balaban J connectivity index is 1.44. The Hall–Kier alpha value is -3.70. The summed E-state index contributed by atoms with van der Waals surface area (Å²) in [7, 11) is 1.41. The molecule has 0 aromatic carbocycles. The number of aromatic nitrogens is 5. The van der Waals surface area contributed by atoms with Gasteiger partial charge in [-0.25, -0.2) is 32.8 Å². The Labute approximate surface area is 204 Å². The van der Waals surface area contributed by atoms with E-state index in [-0.39, 0.29) is 33.9 Å². The van der Waals surface area contributed by atoms with E-state index >= 15 is 0 Å². The van der Waals surface area contributed by atoms with Crippen LogP contribution in [0.5, 0.6) is 5.88 Å². The minimum absolute atomic E-state index is 0.126. The van der Waals surface area contributed by atoms with E-state index in [1.807, 2.05) is 0 Å². The molecule has 3 aromatic rings. The van der Waals surface area contributed by atoms with E-state index in [0.29, 0.717) is 36.6 Å². The predicted molar refractivity (Wildman–Crippen MR) is 122 cm³/mol. The minimum atomic E-state index is -3.11. The summed E-state index contributed by atoms with van der Waals surface area (Å²) in [5.74, 6) is -1.96. The highest BCUT2D eigenvalue weighted by molar-refractivity contribution is 5.83. The molecular formula is C23H26F3N7O2. The zero-order valence-corrected chi connectivity index (χ0v) is 19.3. The van der Waals surface area contributed by atoms with Gasteiger partial charge in [0.05, 0.1) is 24.9 Å². The van der Waals surface area contributed by atoms with Crippen LogP contribution in [-0.4, -0.2) is 61.8 Å². The Kier molecular flexibility index (Phi) is 5.83. The number of anilines is 1. The van der Waals surface area contributed by atoms with Crippen molar-refractivity contribution in [3.05, 3.63) is 47.3 Å². The first-order valence-corrected chi connectivity index (χ1v) is 10.9. The van der Waals surface area contributed by atoms with Crippen molar-refractivity contribution in [1.82, 2.24) is 29.6 Å². The van der Waals surface area contributed by atoms with E-state index < -0.39 is 31.0 Å². The van der Waals surface area contributed by atoms with E-state index in [1.165, 1.54) is 13.2 Å². The molecule has 0 radical (unpaired) electrons. The van der Waals surface area contributed by atoms with Gasteiger partial charge in [-0.3, -0.25) is 4.79 Å². The lowest BCUT2D eigenvalue weighted by Crippen LogP contribution is -2.34. The maximum absolute atomic E-state index is 14.3. The van der Waals surface area contributed by atoms with Crippen LogP contribution in [0.1, 0.15) is 46.9 Å². The fourth-order valence-electron chi connectivity index (χ4n) is 4.03. The lowest BCUT2D eigenvalue weighted by atomic mass is 10.0. The van der Waals surface area contributed by atoms with Gasteiger partial charge in [-0.15, -0.1) is 0 Å². The molecule has 4 rings (SSSR count). The predicted octanol–water partition coefficient (Wildman–Crippen LogP) is 3.48. The molecule has 1 aliphatic heterocycles. The average Bonchev–Trinajstić information content (AvgIpc) is 3.51. The highest BCUT2D eigenvalue weighted by Crippen LogP contribution is 2.27. The average molecular weight is 493 g/mol. The highest BCUT2D eigenvalue weighted by Gasteiger charge is 2.31. The first-order chi connectivity index (χ1) is 17.9. The van der Waals surface area contributed by atoms with Gasteiger partial charge in [-0.05, 0) is 32.4 Å². The molecule has 2 atom stereocenters. The molecule has 1 saturated heterocycles. The van der Waals surface area contributed by atoms with Crippen LogP contribution in [0, 0.1) is 12.7 Å². The van der Waals surface area contributed by atoms with Crippen molar-refractivity contribution in [2.45, 2.75) is 38.7 Å². The van der Waals surface area contributed by atoms with Gasteiger partial charge in [0, 0.05) is 47.4 Å². The van der Waals surface area contributed by atoms with Crippen LogP contribution >= 0.6 is 0 Å². The summed E-state index contributed by atoms with van der Waals surface area (Å²) in [6, 6.07) is 4.46. The summed E-state index contributed by atoms with van der Waals surface area (Å²) in [5.41, 5.74) is 0.920. The van der Waals surface area contributed by atoms with Crippen molar-refractivity contribution in [2.24, 2.45) is 6.98 Å². The van der Waals surface area contributed by atoms with Gasteiger partial charge in [-0.2, -0.15) is 5.10 Å². The molecule has 35 heavy (non-hydrogen) atoms. The standard InChI is InChI=1S/C23H26F3N7O2/c1-12(16-9-19(35-4)27-10-17(16)24)23(34)33-8-7-14(11-33)29-18-6-5-15(13(2)28-18)21-30-22(20(25)26)32(3)31-21/h5-6,9-10,12,14,20H,7-8,11H2,1-4H3,(H,28,29)/t12-,14+/m1/s1/i3D3. The van der Waals surface area contributed by atoms with Gasteiger partial charge in [0.2, 0.25) is 11.8 Å². The number of rotatable bonds is 7. The van der Waals surface area contributed by atoms with E-state index in [9.17, 15) is 18.0 Å². The number of ether oxygens (including phenoxy) is 1. The summed E-state index contributed by atoms with van der Waals surface area (Å²) >= 11 is 0. The van der Waals surface area contributed by atoms with Crippen LogP contribution in [0.2, 0.25) is 0 Å². The number of carbonyl (C=O) groups is 1. The molecule has 186 valence electrons. The third-order valence-corrected chi connectivity index (χ3v) is 5.91. The van der Waals surface area contributed by atoms with Gasteiger partial charge in [0.1, 0.15) is 11.6 Å². The fourth-order valence-corrected chi connectivity index (χ4v) is 4.03. The van der Waals surface area contributed by atoms with Crippen LogP contribution < -0.4 is 10.1 Å². The molecule has 1 fully saturated rings. The smallest absolute Gasteiger partial charge is 0.297 e. The molecule has 4 heterocycles. The molecule has 0 unspecified atom stereocenters. The molecule has 12 heteroatoms. The van der Waals surface area contributed by atoms with E-state index in [4.69, 9.17) is 8.85 Å². The van der Waals surface area contributed by atoms with Gasteiger partial charge >= 0.3 is 0 Å². The molecule has 0 bridgehead atoms. The number of nitrogens with zero attached hydrogens (tertiary/aromatic N) is 6. The first kappa shape index (κ1) is 20.7. The van der Waals surface area contributed by atoms with Crippen LogP contribution in [0.4, 0.5) is 19.0 Å². The zero-order valence-electron chi connectivity index (χ0n) is 22.3. The van der Waals surface area contributed by atoms with Crippen molar-refractivity contribution >= 4 is 11.7 Å². The van der Waals surface area contributed by atoms with Gasteiger partial charge in [-0.1, -0.05) is 0 Å². The number of methoxy groups -OCH3 is 1. The third-order valence-electron chi connectivity index (χ3n) is 5.91. The normalized spacial score (nSPS) is 18.2. The monoisotopic (exact) mass is 492 g/mol. The Morgan fingerprint density at radius 1 is 1.34 bits per heavy atom. The van der Waals surface area contributed by atoms with Crippen molar-refractivity contribution in [3.63, 3.8) is 0 Å². The zero-order chi connectivity index (χ0) is 27.8. The summed E-state index contributed by atoms with van der Waals surface area (Å²) in [5, 5.41) is 7.02. The lowest BCUT2D eigenvalue weighted by Gasteiger charge is -2.22. The number of likely N-dealkylation sites (tertiary alicyclic amines) is 1. The molecule has 9 nitrogen and oxygen atoms in total. The van der Waals surface area contributed by atoms with Crippen molar-refractivity contribution < 1.29 is 26.8 Å². The number of hydrogen-bond donors (Lipinski definition) is 1. The van der Waals surface area contributed by atoms with E-state index in [0.717, 1.165) is 6.20 Å². The number of pyridine rings is 2.